The summed E-state index contributed by atoms with van der Waals surface area (Å²) in [4.78, 5) is 0. The highest BCUT2D eigenvalue weighted by molar-refractivity contribution is 5.75. The van der Waals surface area contributed by atoms with Crippen molar-refractivity contribution >= 4 is 6.21 Å². The Balaban J connectivity index is 2.21. The molecular formula is C18H19NO3. The predicted molar refractivity (Wildman–Crippen MR) is 85.5 cm³/mol. The van der Waals surface area contributed by atoms with Crippen molar-refractivity contribution in [2.24, 2.45) is 5.16 Å². The molecule has 114 valence electrons. The number of rotatable bonds is 3. The number of hydrogen-bond acceptors (Lipinski definition) is 4. The summed E-state index contributed by atoms with van der Waals surface area (Å²) in [5.41, 5.74) is 4.74. The van der Waals surface area contributed by atoms with Gasteiger partial charge in [-0.1, -0.05) is 24.3 Å². The van der Waals surface area contributed by atoms with Crippen molar-refractivity contribution in [1.29, 1.82) is 0 Å². The molecule has 0 radical (unpaired) electrons. The smallest absolute Gasteiger partial charge is 0.161 e. The molecule has 0 saturated heterocycles. The quantitative estimate of drug-likeness (QED) is 0.537. The zero-order valence-corrected chi connectivity index (χ0v) is 12.7. The lowest BCUT2D eigenvalue weighted by Gasteiger charge is -2.18. The standard InChI is InChI=1S/C18H19NO3/c1-21-17-9-13-8-7-12-5-3-4-6-14(12)16(11-19-20)15(13)10-18(17)22-2/h3-6,9-11,16,20H,7-8H2,1-2H3/t16-/m0/s1. The van der Waals surface area contributed by atoms with Gasteiger partial charge < -0.3 is 14.7 Å². The molecule has 0 unspecified atom stereocenters. The van der Waals surface area contributed by atoms with Crippen molar-refractivity contribution in [3.63, 3.8) is 0 Å². The minimum Gasteiger partial charge on any atom is -0.493 e. The number of hydrogen-bond donors (Lipinski definition) is 1. The van der Waals surface area contributed by atoms with Gasteiger partial charge in [-0.3, -0.25) is 0 Å². The van der Waals surface area contributed by atoms with E-state index in [1.54, 1.807) is 20.4 Å². The summed E-state index contributed by atoms with van der Waals surface area (Å²) in [7, 11) is 3.27. The fourth-order valence-electron chi connectivity index (χ4n) is 3.17. The Hall–Kier alpha value is -2.49. The van der Waals surface area contributed by atoms with Crippen LogP contribution in [0, 0.1) is 0 Å². The third kappa shape index (κ3) is 2.41. The second-order valence-electron chi connectivity index (χ2n) is 5.35. The van der Waals surface area contributed by atoms with Crippen molar-refractivity contribution in [3.8, 4) is 11.5 Å². The van der Waals surface area contributed by atoms with Crippen LogP contribution in [-0.4, -0.2) is 25.6 Å². The molecule has 0 saturated carbocycles. The van der Waals surface area contributed by atoms with Crippen LogP contribution in [0.5, 0.6) is 11.5 Å². The van der Waals surface area contributed by atoms with E-state index in [1.807, 2.05) is 24.3 Å². The lowest BCUT2D eigenvalue weighted by atomic mass is 9.89. The average Bonchev–Trinajstić information content (AvgIpc) is 2.71. The predicted octanol–water partition coefficient (Wildman–Crippen LogP) is 3.39. The average molecular weight is 297 g/mol. The molecule has 0 fully saturated rings. The van der Waals surface area contributed by atoms with Crippen LogP contribution in [0.25, 0.3) is 0 Å². The van der Waals surface area contributed by atoms with Crippen molar-refractivity contribution < 1.29 is 14.7 Å². The Kier molecular flexibility index (Phi) is 4.00. The highest BCUT2D eigenvalue weighted by Gasteiger charge is 2.24. The second-order valence-corrected chi connectivity index (χ2v) is 5.35. The molecule has 0 amide bonds. The Labute approximate surface area is 130 Å². The first kappa shape index (κ1) is 14.4. The molecule has 4 nitrogen and oxygen atoms in total. The van der Waals surface area contributed by atoms with Gasteiger partial charge in [-0.25, -0.2) is 0 Å². The fraction of sp³-hybridized carbons (Fsp3) is 0.278. The van der Waals surface area contributed by atoms with Gasteiger partial charge >= 0.3 is 0 Å². The van der Waals surface area contributed by atoms with Crippen LogP contribution in [-0.2, 0) is 12.8 Å². The van der Waals surface area contributed by atoms with Gasteiger partial charge in [0.05, 0.1) is 20.4 Å². The summed E-state index contributed by atoms with van der Waals surface area (Å²) in [5, 5.41) is 12.4. The van der Waals surface area contributed by atoms with Crippen LogP contribution in [0.1, 0.15) is 28.2 Å². The van der Waals surface area contributed by atoms with Crippen molar-refractivity contribution in [2.75, 3.05) is 14.2 Å². The highest BCUT2D eigenvalue weighted by Crippen LogP contribution is 2.39. The van der Waals surface area contributed by atoms with Crippen molar-refractivity contribution in [1.82, 2.24) is 0 Å². The third-order valence-electron chi connectivity index (χ3n) is 4.25. The van der Waals surface area contributed by atoms with Crippen LogP contribution >= 0.6 is 0 Å². The first-order chi connectivity index (χ1) is 10.8. The van der Waals surface area contributed by atoms with E-state index in [0.717, 1.165) is 24.2 Å². The third-order valence-corrected chi connectivity index (χ3v) is 4.25. The summed E-state index contributed by atoms with van der Waals surface area (Å²) in [6, 6.07) is 12.3. The molecule has 4 heteroatoms. The Morgan fingerprint density at radius 1 is 1.00 bits per heavy atom. The maximum absolute atomic E-state index is 9.10. The Bertz CT molecular complexity index is 709. The van der Waals surface area contributed by atoms with Crippen molar-refractivity contribution in [3.05, 3.63) is 58.7 Å². The molecule has 1 aliphatic rings. The Morgan fingerprint density at radius 3 is 2.41 bits per heavy atom. The van der Waals surface area contributed by atoms with Gasteiger partial charge in [-0.2, -0.15) is 0 Å². The van der Waals surface area contributed by atoms with Gasteiger partial charge in [0.25, 0.3) is 0 Å². The van der Waals surface area contributed by atoms with Gasteiger partial charge in [0, 0.05) is 5.92 Å². The summed E-state index contributed by atoms with van der Waals surface area (Å²) in [6.45, 7) is 0. The normalized spacial score (nSPS) is 16.7. The van der Waals surface area contributed by atoms with Crippen LogP contribution in [0.3, 0.4) is 0 Å². The number of oxime groups is 1. The SMILES string of the molecule is COc1cc2c(cc1OC)[C@@H](C=NO)c1ccccc1CC2. The van der Waals surface area contributed by atoms with E-state index in [0.29, 0.717) is 5.75 Å². The maximum Gasteiger partial charge on any atom is 0.161 e. The number of aryl methyl sites for hydroxylation is 2. The lowest BCUT2D eigenvalue weighted by Crippen LogP contribution is -2.06. The molecule has 0 aliphatic heterocycles. The fourth-order valence-corrected chi connectivity index (χ4v) is 3.17. The highest BCUT2D eigenvalue weighted by atomic mass is 16.5. The number of benzene rings is 2. The first-order valence-electron chi connectivity index (χ1n) is 7.28. The van der Waals surface area contributed by atoms with Gasteiger partial charge in [-0.05, 0) is 47.2 Å². The van der Waals surface area contributed by atoms with E-state index in [-0.39, 0.29) is 5.92 Å². The van der Waals surface area contributed by atoms with E-state index in [9.17, 15) is 0 Å². The molecule has 22 heavy (non-hydrogen) atoms. The first-order valence-corrected chi connectivity index (χ1v) is 7.28. The monoisotopic (exact) mass is 297 g/mol. The van der Waals surface area contributed by atoms with Crippen LogP contribution in [0.15, 0.2) is 41.6 Å². The number of ether oxygens (including phenoxy) is 2. The molecule has 0 aromatic heterocycles. The van der Waals surface area contributed by atoms with Gasteiger partial charge in [-0.15, -0.1) is 5.16 Å². The number of nitrogens with zero attached hydrogens (tertiary/aromatic N) is 1. The molecule has 0 heterocycles. The van der Waals surface area contributed by atoms with Crippen LogP contribution < -0.4 is 9.47 Å². The molecule has 1 N–H and O–H groups in total. The molecule has 2 aromatic carbocycles. The maximum atomic E-state index is 9.10. The van der Waals surface area contributed by atoms with Crippen LogP contribution in [0.4, 0.5) is 0 Å². The van der Waals surface area contributed by atoms with Gasteiger partial charge in [0.1, 0.15) is 0 Å². The van der Waals surface area contributed by atoms with E-state index in [2.05, 4.69) is 17.3 Å². The minimum atomic E-state index is -0.0847. The summed E-state index contributed by atoms with van der Waals surface area (Å²) in [5.74, 6) is 1.34. The molecule has 0 bridgehead atoms. The zero-order valence-electron chi connectivity index (χ0n) is 12.7. The Morgan fingerprint density at radius 2 is 1.68 bits per heavy atom. The second kappa shape index (κ2) is 6.10. The molecule has 3 rings (SSSR count). The number of fused-ring (bicyclic) bond motifs is 2. The molecule has 1 aliphatic carbocycles. The zero-order chi connectivity index (χ0) is 15.5. The minimum absolute atomic E-state index is 0.0847. The van der Waals surface area contributed by atoms with Gasteiger partial charge in [0.2, 0.25) is 0 Å². The van der Waals surface area contributed by atoms with Crippen LogP contribution in [0.2, 0.25) is 0 Å². The molecule has 0 spiro atoms. The van der Waals surface area contributed by atoms with E-state index in [4.69, 9.17) is 14.7 Å². The van der Waals surface area contributed by atoms with E-state index in [1.165, 1.54) is 16.7 Å². The van der Waals surface area contributed by atoms with E-state index < -0.39 is 0 Å². The van der Waals surface area contributed by atoms with Crippen molar-refractivity contribution in [2.45, 2.75) is 18.8 Å². The summed E-state index contributed by atoms with van der Waals surface area (Å²) in [6.07, 6.45) is 3.45. The molecule has 2 aromatic rings. The topological polar surface area (TPSA) is 51.0 Å². The number of methoxy groups -OCH3 is 2. The molecular weight excluding hydrogens is 278 g/mol. The van der Waals surface area contributed by atoms with Gasteiger partial charge in [0.15, 0.2) is 11.5 Å². The molecule has 1 atom stereocenters. The lowest BCUT2D eigenvalue weighted by molar-refractivity contribution is 0.320. The summed E-state index contributed by atoms with van der Waals surface area (Å²) >= 11 is 0. The van der Waals surface area contributed by atoms with E-state index >= 15 is 0 Å². The largest absolute Gasteiger partial charge is 0.493 e. The summed E-state index contributed by atoms with van der Waals surface area (Å²) < 4.78 is 10.8.